The van der Waals surface area contributed by atoms with Crippen molar-refractivity contribution in [1.82, 2.24) is 9.97 Å². The summed E-state index contributed by atoms with van der Waals surface area (Å²) in [5.74, 6) is 0.552. The Labute approximate surface area is 154 Å². The fraction of sp³-hybridized carbons (Fsp3) is 0.350. The lowest BCUT2D eigenvalue weighted by atomic mass is 10.0. The van der Waals surface area contributed by atoms with E-state index in [9.17, 15) is 18.0 Å². The zero-order chi connectivity index (χ0) is 19.2. The topological polar surface area (TPSA) is 46.1 Å². The van der Waals surface area contributed by atoms with Gasteiger partial charge in [-0.15, -0.1) is 0 Å². The molecule has 0 atom stereocenters. The second-order valence-electron chi connectivity index (χ2n) is 6.93. The largest absolute Gasteiger partial charge is 0.417 e. The van der Waals surface area contributed by atoms with Gasteiger partial charge < -0.3 is 0 Å². The van der Waals surface area contributed by atoms with Crippen molar-refractivity contribution in [2.45, 2.75) is 38.8 Å². The van der Waals surface area contributed by atoms with Gasteiger partial charge in [0.1, 0.15) is 5.82 Å². The number of allylic oxidation sites excluding steroid dienone is 2. The maximum absolute atomic E-state index is 13.4. The smallest absolute Gasteiger partial charge is 0.297 e. The van der Waals surface area contributed by atoms with Crippen molar-refractivity contribution in [3.8, 4) is 11.3 Å². The van der Waals surface area contributed by atoms with Crippen LogP contribution in [0.3, 0.4) is 0 Å². The summed E-state index contributed by atoms with van der Waals surface area (Å²) >= 11 is 0. The normalized spacial score (nSPS) is 17.5. The fourth-order valence-corrected chi connectivity index (χ4v) is 3.74. The van der Waals surface area contributed by atoms with Crippen LogP contribution in [0.15, 0.2) is 36.0 Å². The summed E-state index contributed by atoms with van der Waals surface area (Å²) < 4.78 is 40.3. The van der Waals surface area contributed by atoms with Gasteiger partial charge in [-0.3, -0.25) is 14.7 Å². The third-order valence-electron chi connectivity index (χ3n) is 5.01. The number of hydrogen-bond donors (Lipinski definition) is 0. The maximum atomic E-state index is 13.4. The first kappa shape index (κ1) is 17.7. The summed E-state index contributed by atoms with van der Waals surface area (Å²) in [7, 11) is 0. The number of piperidine rings is 1. The molecule has 140 valence electrons. The number of halogens is 3. The summed E-state index contributed by atoms with van der Waals surface area (Å²) in [6.07, 6.45) is -0.376. The van der Waals surface area contributed by atoms with Gasteiger partial charge in [0.15, 0.2) is 0 Å². The average Bonchev–Trinajstić information content (AvgIpc) is 2.97. The van der Waals surface area contributed by atoms with E-state index in [1.807, 2.05) is 0 Å². The molecule has 0 radical (unpaired) electrons. The minimum atomic E-state index is -4.41. The lowest BCUT2D eigenvalue weighted by Crippen LogP contribution is -2.35. The van der Waals surface area contributed by atoms with E-state index in [4.69, 9.17) is 0 Å². The van der Waals surface area contributed by atoms with Crippen LogP contribution in [0, 0.1) is 0 Å². The average molecular weight is 373 g/mol. The number of carbonyl (C=O) groups excluding carboxylic acids is 1. The van der Waals surface area contributed by atoms with Crippen molar-refractivity contribution in [2.75, 3.05) is 11.4 Å². The molecule has 1 amide bonds. The van der Waals surface area contributed by atoms with Crippen LogP contribution in [0.1, 0.15) is 37.4 Å². The highest BCUT2D eigenvalue weighted by atomic mass is 19.4. The van der Waals surface area contributed by atoms with Crippen LogP contribution >= 0.6 is 0 Å². The number of aromatic nitrogens is 2. The summed E-state index contributed by atoms with van der Waals surface area (Å²) in [6.45, 7) is 2.10. The number of anilines is 1. The first-order valence-corrected chi connectivity index (χ1v) is 8.88. The molecule has 1 fully saturated rings. The van der Waals surface area contributed by atoms with E-state index in [0.717, 1.165) is 12.8 Å². The molecule has 2 aliphatic rings. The standard InChI is InChI=1S/C20H18F3N3O/c1-12-9-16-14(19(12)20(21,22)23)10-13(11-24-16)15-5-4-6-17(25-15)26-8-3-2-7-18(26)27/h4-6,10-11H,2-3,7-9H2,1H3. The van der Waals surface area contributed by atoms with Crippen molar-refractivity contribution in [2.24, 2.45) is 0 Å². The van der Waals surface area contributed by atoms with E-state index >= 15 is 0 Å². The molecule has 0 bridgehead atoms. The van der Waals surface area contributed by atoms with Gasteiger partial charge in [-0.1, -0.05) is 11.6 Å². The Morgan fingerprint density at radius 1 is 1.19 bits per heavy atom. The van der Waals surface area contributed by atoms with E-state index in [0.29, 0.717) is 35.7 Å². The molecular weight excluding hydrogens is 355 g/mol. The minimum absolute atomic E-state index is 0.0240. The predicted molar refractivity (Wildman–Crippen MR) is 96.0 cm³/mol. The van der Waals surface area contributed by atoms with E-state index in [1.165, 1.54) is 13.0 Å². The monoisotopic (exact) mass is 373 g/mol. The highest BCUT2D eigenvalue weighted by molar-refractivity contribution is 5.93. The number of rotatable bonds is 2. The molecule has 2 aromatic heterocycles. The molecule has 1 saturated heterocycles. The second-order valence-corrected chi connectivity index (χ2v) is 6.93. The van der Waals surface area contributed by atoms with Crippen LogP contribution in [0.2, 0.25) is 0 Å². The van der Waals surface area contributed by atoms with Crippen molar-refractivity contribution < 1.29 is 18.0 Å². The quantitative estimate of drug-likeness (QED) is 0.776. The van der Waals surface area contributed by atoms with E-state index in [-0.39, 0.29) is 23.5 Å². The molecule has 0 N–H and O–H groups in total. The molecule has 1 aliphatic heterocycles. The van der Waals surface area contributed by atoms with Crippen LogP contribution in [0.5, 0.6) is 0 Å². The highest BCUT2D eigenvalue weighted by Crippen LogP contribution is 2.43. The van der Waals surface area contributed by atoms with E-state index in [2.05, 4.69) is 9.97 Å². The molecule has 0 aromatic carbocycles. The molecular formula is C20H18F3N3O. The third kappa shape index (κ3) is 3.22. The predicted octanol–water partition coefficient (Wildman–Crippen LogP) is 4.55. The van der Waals surface area contributed by atoms with Crippen molar-refractivity contribution >= 4 is 17.3 Å². The molecule has 2 aromatic rings. The lowest BCUT2D eigenvalue weighted by Gasteiger charge is -2.26. The van der Waals surface area contributed by atoms with Crippen molar-refractivity contribution in [1.29, 1.82) is 0 Å². The number of fused-ring (bicyclic) bond motifs is 1. The number of pyridine rings is 2. The molecule has 0 spiro atoms. The lowest BCUT2D eigenvalue weighted by molar-refractivity contribution is -0.119. The zero-order valence-corrected chi connectivity index (χ0v) is 14.8. The maximum Gasteiger partial charge on any atom is 0.417 e. The Morgan fingerprint density at radius 2 is 2.00 bits per heavy atom. The van der Waals surface area contributed by atoms with Gasteiger partial charge in [0.05, 0.1) is 17.0 Å². The Morgan fingerprint density at radius 3 is 2.74 bits per heavy atom. The summed E-state index contributed by atoms with van der Waals surface area (Å²) in [6, 6.07) is 6.74. The van der Waals surface area contributed by atoms with E-state index < -0.39 is 11.7 Å². The fourth-order valence-electron chi connectivity index (χ4n) is 3.74. The van der Waals surface area contributed by atoms with Gasteiger partial charge in [-0.25, -0.2) is 4.98 Å². The van der Waals surface area contributed by atoms with Gasteiger partial charge >= 0.3 is 6.18 Å². The molecule has 0 unspecified atom stereocenters. The highest BCUT2D eigenvalue weighted by Gasteiger charge is 2.40. The summed E-state index contributed by atoms with van der Waals surface area (Å²) in [5.41, 5.74) is 1.26. The van der Waals surface area contributed by atoms with Crippen LogP contribution in [0.4, 0.5) is 19.0 Å². The molecule has 4 nitrogen and oxygen atoms in total. The first-order valence-electron chi connectivity index (χ1n) is 8.88. The van der Waals surface area contributed by atoms with E-state index in [1.54, 1.807) is 29.3 Å². The summed E-state index contributed by atoms with van der Waals surface area (Å²) in [4.78, 5) is 22.5. The Hall–Kier alpha value is -2.70. The third-order valence-corrected chi connectivity index (χ3v) is 5.01. The molecule has 27 heavy (non-hydrogen) atoms. The molecule has 0 saturated carbocycles. The van der Waals surface area contributed by atoms with Crippen LogP contribution < -0.4 is 4.90 Å². The Kier molecular flexibility index (Phi) is 4.25. The van der Waals surface area contributed by atoms with Gasteiger partial charge in [0.2, 0.25) is 5.91 Å². The second kappa shape index (κ2) is 6.48. The zero-order valence-electron chi connectivity index (χ0n) is 14.8. The first-order chi connectivity index (χ1) is 12.8. The summed E-state index contributed by atoms with van der Waals surface area (Å²) in [5, 5.41) is 0. The number of hydrogen-bond acceptors (Lipinski definition) is 3. The number of alkyl halides is 3. The van der Waals surface area contributed by atoms with Gasteiger partial charge in [0.25, 0.3) is 0 Å². The van der Waals surface area contributed by atoms with Gasteiger partial charge in [0, 0.05) is 36.7 Å². The van der Waals surface area contributed by atoms with Crippen LogP contribution in [0.25, 0.3) is 16.8 Å². The molecule has 4 rings (SSSR count). The Balaban J connectivity index is 1.73. The van der Waals surface area contributed by atoms with Gasteiger partial charge in [-0.2, -0.15) is 13.2 Å². The molecule has 3 heterocycles. The van der Waals surface area contributed by atoms with Crippen LogP contribution in [-0.4, -0.2) is 28.6 Å². The van der Waals surface area contributed by atoms with Crippen molar-refractivity contribution in [3.05, 3.63) is 47.3 Å². The van der Waals surface area contributed by atoms with Crippen molar-refractivity contribution in [3.63, 3.8) is 0 Å². The Bertz CT molecular complexity index is 950. The van der Waals surface area contributed by atoms with Gasteiger partial charge in [-0.05, 0) is 38.0 Å². The number of amides is 1. The SMILES string of the molecule is CC1=C(C(F)(F)F)c2cc(-c3cccc(N4CCCCC4=O)n3)cnc2C1. The molecule has 1 aliphatic carbocycles. The minimum Gasteiger partial charge on any atom is -0.297 e. The number of carbonyl (C=O) groups is 1. The van der Waals surface area contributed by atoms with Crippen LogP contribution in [-0.2, 0) is 11.2 Å². The molecule has 7 heteroatoms. The number of nitrogens with zero attached hydrogens (tertiary/aromatic N) is 3.